The molecule has 0 saturated heterocycles. The van der Waals surface area contributed by atoms with Crippen molar-refractivity contribution in [2.45, 2.75) is 95.7 Å². The molecule has 0 amide bonds. The molecule has 4 atom stereocenters. The molecule has 2 fully saturated rings. The van der Waals surface area contributed by atoms with Gasteiger partial charge in [0.1, 0.15) is 0 Å². The Labute approximate surface area is 156 Å². The average molecular weight is 389 g/mol. The predicted octanol–water partition coefficient (Wildman–Crippen LogP) is 3.27. The molecule has 4 N–H and O–H groups in total. The standard InChI is InChI=1S/C18H40N2O3Si2/c1-24(2,14-21-18-10-6-9-17(20)12-18)23-25(3,4)22-13-15-7-5-8-16(19)11-15/h15-18H,5-14,19-20H2,1-4H3. The number of nitrogens with two attached hydrogens (primary N) is 2. The van der Waals surface area contributed by atoms with Crippen LogP contribution in [0, 0.1) is 5.92 Å². The molecular formula is C18H40N2O3Si2. The summed E-state index contributed by atoms with van der Waals surface area (Å²) in [6.45, 7) is 9.62. The van der Waals surface area contributed by atoms with E-state index in [1.165, 1.54) is 19.3 Å². The largest absolute Gasteiger partial charge is 0.434 e. The molecule has 0 heterocycles. The second-order valence-corrected chi connectivity index (χ2v) is 16.9. The van der Waals surface area contributed by atoms with Gasteiger partial charge in [-0.3, -0.25) is 0 Å². The average Bonchev–Trinajstić information content (AvgIpc) is 2.51. The maximum absolute atomic E-state index is 6.53. The van der Waals surface area contributed by atoms with Crippen molar-refractivity contribution in [2.24, 2.45) is 17.4 Å². The van der Waals surface area contributed by atoms with E-state index in [2.05, 4.69) is 26.2 Å². The van der Waals surface area contributed by atoms with Crippen LogP contribution in [0.15, 0.2) is 0 Å². The number of hydrogen-bond donors (Lipinski definition) is 2. The van der Waals surface area contributed by atoms with Crippen LogP contribution in [0.3, 0.4) is 0 Å². The van der Waals surface area contributed by atoms with Gasteiger partial charge in [-0.1, -0.05) is 6.42 Å². The molecule has 25 heavy (non-hydrogen) atoms. The van der Waals surface area contributed by atoms with Gasteiger partial charge in [0.25, 0.3) is 0 Å². The maximum atomic E-state index is 6.53. The number of rotatable bonds is 8. The summed E-state index contributed by atoms with van der Waals surface area (Å²) < 4.78 is 19.0. The zero-order valence-corrected chi connectivity index (χ0v) is 18.8. The van der Waals surface area contributed by atoms with E-state index in [0.29, 0.717) is 24.1 Å². The van der Waals surface area contributed by atoms with Crippen molar-refractivity contribution in [2.75, 3.05) is 12.8 Å². The third-order valence-corrected chi connectivity index (χ3v) is 11.2. The SMILES string of the molecule is C[Si](C)(COC1CCCC(N)C1)O[Si](C)(C)OCC1CCCC(N)C1. The highest BCUT2D eigenvalue weighted by atomic mass is 28.4. The summed E-state index contributed by atoms with van der Waals surface area (Å²) in [7, 11) is -4.02. The molecule has 0 aromatic rings. The summed E-state index contributed by atoms with van der Waals surface area (Å²) in [6.07, 6.45) is 10.2. The minimum Gasteiger partial charge on any atom is -0.434 e. The lowest BCUT2D eigenvalue weighted by Gasteiger charge is -2.36. The van der Waals surface area contributed by atoms with Crippen LogP contribution in [0.1, 0.15) is 51.4 Å². The van der Waals surface area contributed by atoms with Crippen molar-refractivity contribution in [3.63, 3.8) is 0 Å². The monoisotopic (exact) mass is 388 g/mol. The molecule has 0 aromatic carbocycles. The molecule has 0 spiro atoms. The van der Waals surface area contributed by atoms with Crippen LogP contribution in [0.2, 0.25) is 26.2 Å². The second kappa shape index (κ2) is 9.44. The van der Waals surface area contributed by atoms with Gasteiger partial charge in [0, 0.05) is 18.7 Å². The summed E-state index contributed by atoms with van der Waals surface area (Å²) in [5.74, 6) is 0.601. The molecule has 4 unspecified atom stereocenters. The molecule has 0 radical (unpaired) electrons. The summed E-state index contributed by atoms with van der Waals surface area (Å²) in [4.78, 5) is 0. The lowest BCUT2D eigenvalue weighted by Crippen LogP contribution is -2.51. The van der Waals surface area contributed by atoms with Gasteiger partial charge in [-0.25, -0.2) is 0 Å². The molecule has 148 valence electrons. The topological polar surface area (TPSA) is 79.7 Å². The normalized spacial score (nSPS) is 31.9. The lowest BCUT2D eigenvalue weighted by atomic mass is 9.87. The first-order chi connectivity index (χ1) is 11.7. The molecular weight excluding hydrogens is 348 g/mol. The number of ether oxygens (including phenoxy) is 1. The van der Waals surface area contributed by atoms with Gasteiger partial charge in [0.2, 0.25) is 8.32 Å². The van der Waals surface area contributed by atoms with Crippen molar-refractivity contribution >= 4 is 16.9 Å². The molecule has 5 nitrogen and oxygen atoms in total. The van der Waals surface area contributed by atoms with Crippen LogP contribution in [-0.4, -0.2) is 47.9 Å². The van der Waals surface area contributed by atoms with E-state index >= 15 is 0 Å². The van der Waals surface area contributed by atoms with Gasteiger partial charge in [-0.15, -0.1) is 0 Å². The molecule has 2 aliphatic carbocycles. The molecule has 2 rings (SSSR count). The van der Waals surface area contributed by atoms with Crippen LogP contribution in [0.25, 0.3) is 0 Å². The summed E-state index contributed by atoms with van der Waals surface area (Å²) in [6, 6.07) is 0.662. The van der Waals surface area contributed by atoms with Crippen molar-refractivity contribution in [3.8, 4) is 0 Å². The molecule has 0 bridgehead atoms. The third kappa shape index (κ3) is 8.20. The van der Waals surface area contributed by atoms with E-state index in [-0.39, 0.29) is 0 Å². The predicted molar refractivity (Wildman–Crippen MR) is 108 cm³/mol. The van der Waals surface area contributed by atoms with Crippen molar-refractivity contribution in [3.05, 3.63) is 0 Å². The van der Waals surface area contributed by atoms with Gasteiger partial charge in [0.15, 0.2) is 0 Å². The Hall–Kier alpha value is 0.234. The quantitative estimate of drug-likeness (QED) is 0.624. The first kappa shape index (κ1) is 21.5. The highest BCUT2D eigenvalue weighted by Gasteiger charge is 2.36. The lowest BCUT2D eigenvalue weighted by molar-refractivity contribution is 0.0427. The van der Waals surface area contributed by atoms with E-state index in [0.717, 1.165) is 44.9 Å². The zero-order chi connectivity index (χ0) is 18.5. The van der Waals surface area contributed by atoms with Gasteiger partial charge < -0.3 is 24.7 Å². The van der Waals surface area contributed by atoms with Gasteiger partial charge in [-0.05, 0) is 77.1 Å². The third-order valence-electron chi connectivity index (χ3n) is 5.35. The molecule has 2 aliphatic rings. The minimum atomic E-state index is -2.13. The highest BCUT2D eigenvalue weighted by molar-refractivity contribution is 6.82. The highest BCUT2D eigenvalue weighted by Crippen LogP contribution is 2.26. The Morgan fingerprint density at radius 2 is 1.52 bits per heavy atom. The van der Waals surface area contributed by atoms with Crippen LogP contribution >= 0.6 is 0 Å². The van der Waals surface area contributed by atoms with E-state index in [1.54, 1.807) is 0 Å². The van der Waals surface area contributed by atoms with E-state index in [9.17, 15) is 0 Å². The van der Waals surface area contributed by atoms with Gasteiger partial charge in [-0.2, -0.15) is 0 Å². The Bertz CT molecular complexity index is 374. The van der Waals surface area contributed by atoms with Crippen LogP contribution < -0.4 is 11.5 Å². The van der Waals surface area contributed by atoms with Gasteiger partial charge >= 0.3 is 8.56 Å². The van der Waals surface area contributed by atoms with Gasteiger partial charge in [0.05, 0.1) is 12.3 Å². The smallest absolute Gasteiger partial charge is 0.321 e. The fraction of sp³-hybridized carbons (Fsp3) is 1.00. The summed E-state index contributed by atoms with van der Waals surface area (Å²) >= 11 is 0. The second-order valence-electron chi connectivity index (χ2n) is 9.22. The first-order valence-electron chi connectivity index (χ1n) is 10.1. The summed E-state index contributed by atoms with van der Waals surface area (Å²) in [5.41, 5.74) is 12.2. The van der Waals surface area contributed by atoms with Crippen molar-refractivity contribution < 1.29 is 13.3 Å². The van der Waals surface area contributed by atoms with Crippen molar-refractivity contribution in [1.82, 2.24) is 0 Å². The Morgan fingerprint density at radius 3 is 2.16 bits per heavy atom. The van der Waals surface area contributed by atoms with E-state index < -0.39 is 16.9 Å². The fourth-order valence-electron chi connectivity index (χ4n) is 4.18. The first-order valence-corrected chi connectivity index (χ1v) is 16.1. The molecule has 0 aromatic heterocycles. The Kier molecular flexibility index (Phi) is 8.13. The summed E-state index contributed by atoms with van der Waals surface area (Å²) in [5, 5.41) is 0. The van der Waals surface area contributed by atoms with Crippen LogP contribution in [0.5, 0.6) is 0 Å². The number of hydrogen-bond acceptors (Lipinski definition) is 5. The Morgan fingerprint density at radius 1 is 0.880 bits per heavy atom. The maximum Gasteiger partial charge on any atom is 0.321 e. The minimum absolute atomic E-state index is 0.306. The van der Waals surface area contributed by atoms with Crippen molar-refractivity contribution in [1.29, 1.82) is 0 Å². The van der Waals surface area contributed by atoms with E-state index in [4.69, 9.17) is 24.7 Å². The van der Waals surface area contributed by atoms with E-state index in [1.807, 2.05) is 0 Å². The molecule has 0 aliphatic heterocycles. The fourth-order valence-corrected chi connectivity index (χ4v) is 11.2. The Balaban J connectivity index is 1.72. The van der Waals surface area contributed by atoms with Crippen LogP contribution in [0.4, 0.5) is 0 Å². The molecule has 2 saturated carbocycles. The zero-order valence-electron chi connectivity index (χ0n) is 16.8. The molecule has 7 heteroatoms. The van der Waals surface area contributed by atoms with Crippen LogP contribution in [-0.2, 0) is 13.3 Å².